The summed E-state index contributed by atoms with van der Waals surface area (Å²) in [5.74, 6) is -0.0512. The van der Waals surface area contributed by atoms with E-state index in [2.05, 4.69) is 5.32 Å². The summed E-state index contributed by atoms with van der Waals surface area (Å²) < 4.78 is 0. The van der Waals surface area contributed by atoms with Gasteiger partial charge in [-0.2, -0.15) is 0 Å². The summed E-state index contributed by atoms with van der Waals surface area (Å²) >= 11 is 0. The van der Waals surface area contributed by atoms with E-state index in [1.54, 1.807) is 0 Å². The highest BCUT2D eigenvalue weighted by molar-refractivity contribution is 5.75. The van der Waals surface area contributed by atoms with Crippen molar-refractivity contribution in [1.82, 2.24) is 15.1 Å². The van der Waals surface area contributed by atoms with E-state index in [0.29, 0.717) is 12.1 Å². The third-order valence-electron chi connectivity index (χ3n) is 5.72. The van der Waals surface area contributed by atoms with Crippen molar-refractivity contribution in [2.45, 2.75) is 63.6 Å². The molecule has 2 N–H and O–H groups in total. The molecule has 1 heterocycles. The van der Waals surface area contributed by atoms with Crippen molar-refractivity contribution in [2.75, 3.05) is 19.6 Å². The van der Waals surface area contributed by atoms with Crippen LogP contribution in [0, 0.1) is 5.92 Å². The van der Waals surface area contributed by atoms with Crippen LogP contribution < -0.4 is 5.32 Å². The summed E-state index contributed by atoms with van der Waals surface area (Å²) in [5, 5.41) is 12.1. The third kappa shape index (κ3) is 3.07. The number of fused-ring (bicyclic) bond motifs is 1. The average Bonchev–Trinajstić information content (AvgIpc) is 3.02. The van der Waals surface area contributed by atoms with Crippen molar-refractivity contribution < 1.29 is 14.7 Å². The van der Waals surface area contributed by atoms with Crippen LogP contribution in [0.5, 0.6) is 0 Å². The minimum Gasteiger partial charge on any atom is -0.480 e. The highest BCUT2D eigenvalue weighted by Crippen LogP contribution is 2.38. The molecular weight excluding hydrogens is 282 g/mol. The van der Waals surface area contributed by atoms with Crippen LogP contribution in [0.4, 0.5) is 4.79 Å². The molecule has 2 atom stereocenters. The Kier molecular flexibility index (Phi) is 4.57. The molecule has 2 unspecified atom stereocenters. The maximum absolute atomic E-state index is 12.4. The van der Waals surface area contributed by atoms with Crippen LogP contribution >= 0.6 is 0 Å². The molecule has 0 bridgehead atoms. The van der Waals surface area contributed by atoms with Gasteiger partial charge in [-0.3, -0.25) is 9.69 Å². The molecule has 0 spiro atoms. The SMILES string of the molecule is CCN(CC(=O)O)C1CC(NC(=O)N2CCC3CCCC32)C1. The Morgan fingerprint density at radius 1 is 1.27 bits per heavy atom. The Hall–Kier alpha value is -1.30. The smallest absolute Gasteiger partial charge is 0.317 e. The second-order valence-corrected chi connectivity index (χ2v) is 6.97. The first kappa shape index (κ1) is 15.6. The van der Waals surface area contributed by atoms with E-state index in [0.717, 1.165) is 44.7 Å². The fourth-order valence-electron chi connectivity index (χ4n) is 4.42. The number of carbonyl (C=O) groups is 2. The molecule has 0 aromatic carbocycles. The Morgan fingerprint density at radius 2 is 2.05 bits per heavy atom. The van der Waals surface area contributed by atoms with Gasteiger partial charge in [-0.25, -0.2) is 4.79 Å². The van der Waals surface area contributed by atoms with Crippen LogP contribution in [-0.4, -0.2) is 64.7 Å². The lowest BCUT2D eigenvalue weighted by molar-refractivity contribution is -0.139. The zero-order valence-electron chi connectivity index (χ0n) is 13.3. The van der Waals surface area contributed by atoms with Gasteiger partial charge in [-0.1, -0.05) is 13.3 Å². The van der Waals surface area contributed by atoms with E-state index in [1.807, 2.05) is 16.7 Å². The predicted octanol–water partition coefficient (Wildman–Crippen LogP) is 1.51. The van der Waals surface area contributed by atoms with Crippen molar-refractivity contribution in [2.24, 2.45) is 5.92 Å². The number of hydrogen-bond donors (Lipinski definition) is 2. The van der Waals surface area contributed by atoms with E-state index >= 15 is 0 Å². The van der Waals surface area contributed by atoms with Gasteiger partial charge in [-0.15, -0.1) is 0 Å². The largest absolute Gasteiger partial charge is 0.480 e. The standard InChI is InChI=1S/C16H27N3O3/c1-2-18(10-15(20)21)13-8-12(9-13)17-16(22)19-7-6-11-4-3-5-14(11)19/h11-14H,2-10H2,1H3,(H,17,22)(H,20,21). The Morgan fingerprint density at radius 3 is 2.73 bits per heavy atom. The molecule has 0 aromatic rings. The summed E-state index contributed by atoms with van der Waals surface area (Å²) in [7, 11) is 0. The Balaban J connectivity index is 1.44. The normalized spacial score (nSPS) is 33.6. The number of aliphatic carboxylic acids is 1. The number of nitrogens with one attached hydrogen (secondary N) is 1. The summed E-state index contributed by atoms with van der Waals surface area (Å²) in [6.45, 7) is 3.72. The van der Waals surface area contributed by atoms with Gasteiger partial charge in [0.2, 0.25) is 0 Å². The minimum atomic E-state index is -0.779. The summed E-state index contributed by atoms with van der Waals surface area (Å²) in [6, 6.07) is 1.07. The lowest BCUT2D eigenvalue weighted by Crippen LogP contribution is -2.57. The first-order chi connectivity index (χ1) is 10.6. The van der Waals surface area contributed by atoms with Gasteiger partial charge >= 0.3 is 12.0 Å². The molecule has 0 aromatic heterocycles. The molecule has 2 aliphatic carbocycles. The molecule has 6 nitrogen and oxygen atoms in total. The van der Waals surface area contributed by atoms with Crippen LogP contribution in [0.15, 0.2) is 0 Å². The molecule has 6 heteroatoms. The molecule has 0 radical (unpaired) electrons. The summed E-state index contributed by atoms with van der Waals surface area (Å²) in [4.78, 5) is 27.3. The second kappa shape index (κ2) is 6.44. The van der Waals surface area contributed by atoms with Crippen molar-refractivity contribution >= 4 is 12.0 Å². The van der Waals surface area contributed by atoms with E-state index in [4.69, 9.17) is 5.11 Å². The van der Waals surface area contributed by atoms with Crippen LogP contribution in [-0.2, 0) is 4.79 Å². The molecule has 2 amide bonds. The number of hydrogen-bond acceptors (Lipinski definition) is 3. The lowest BCUT2D eigenvalue weighted by atomic mass is 9.85. The number of urea groups is 1. The molecule has 1 aliphatic heterocycles. The third-order valence-corrected chi connectivity index (χ3v) is 5.72. The summed E-state index contributed by atoms with van der Waals surface area (Å²) in [5.41, 5.74) is 0. The van der Waals surface area contributed by atoms with Gasteiger partial charge < -0.3 is 15.3 Å². The van der Waals surface area contributed by atoms with E-state index < -0.39 is 5.97 Å². The zero-order valence-corrected chi connectivity index (χ0v) is 13.3. The number of carboxylic acids is 1. The van der Waals surface area contributed by atoms with Crippen LogP contribution in [0.2, 0.25) is 0 Å². The molecule has 3 rings (SSSR count). The molecule has 2 saturated carbocycles. The van der Waals surface area contributed by atoms with Crippen molar-refractivity contribution in [3.05, 3.63) is 0 Å². The number of likely N-dealkylation sites (N-methyl/N-ethyl adjacent to an activating group) is 1. The van der Waals surface area contributed by atoms with E-state index in [9.17, 15) is 9.59 Å². The number of amides is 2. The fraction of sp³-hybridized carbons (Fsp3) is 0.875. The van der Waals surface area contributed by atoms with Crippen molar-refractivity contribution in [3.8, 4) is 0 Å². The first-order valence-corrected chi connectivity index (χ1v) is 8.61. The summed E-state index contributed by atoms with van der Waals surface area (Å²) in [6.07, 6.45) is 6.59. The number of carbonyl (C=O) groups excluding carboxylic acids is 1. The molecule has 3 aliphatic rings. The first-order valence-electron chi connectivity index (χ1n) is 8.61. The van der Waals surface area contributed by atoms with Gasteiger partial charge in [-0.05, 0) is 44.6 Å². The van der Waals surface area contributed by atoms with Crippen molar-refractivity contribution in [1.29, 1.82) is 0 Å². The lowest BCUT2D eigenvalue weighted by Gasteiger charge is -2.43. The highest BCUT2D eigenvalue weighted by atomic mass is 16.4. The average molecular weight is 309 g/mol. The molecule has 3 fully saturated rings. The number of nitrogens with zero attached hydrogens (tertiary/aromatic N) is 2. The molecule has 1 saturated heterocycles. The number of likely N-dealkylation sites (tertiary alicyclic amines) is 1. The quantitative estimate of drug-likeness (QED) is 0.807. The van der Waals surface area contributed by atoms with Crippen molar-refractivity contribution in [3.63, 3.8) is 0 Å². The number of carboxylic acid groups (broad SMARTS) is 1. The van der Waals surface area contributed by atoms with Crippen LogP contribution in [0.3, 0.4) is 0 Å². The minimum absolute atomic E-state index is 0.0950. The van der Waals surface area contributed by atoms with Gasteiger partial charge in [0.25, 0.3) is 0 Å². The zero-order chi connectivity index (χ0) is 15.7. The van der Waals surface area contributed by atoms with Gasteiger partial charge in [0, 0.05) is 24.7 Å². The monoisotopic (exact) mass is 309 g/mol. The number of rotatable bonds is 5. The van der Waals surface area contributed by atoms with E-state index in [-0.39, 0.29) is 18.6 Å². The second-order valence-electron chi connectivity index (χ2n) is 6.97. The van der Waals surface area contributed by atoms with Gasteiger partial charge in [0.1, 0.15) is 0 Å². The molecule has 22 heavy (non-hydrogen) atoms. The van der Waals surface area contributed by atoms with Gasteiger partial charge in [0.15, 0.2) is 0 Å². The maximum atomic E-state index is 12.4. The van der Waals surface area contributed by atoms with Crippen LogP contribution in [0.1, 0.15) is 45.4 Å². The van der Waals surface area contributed by atoms with E-state index in [1.165, 1.54) is 12.8 Å². The Labute approximate surface area is 131 Å². The fourth-order valence-corrected chi connectivity index (χ4v) is 4.42. The maximum Gasteiger partial charge on any atom is 0.317 e. The Bertz CT molecular complexity index is 436. The topological polar surface area (TPSA) is 72.9 Å². The highest BCUT2D eigenvalue weighted by Gasteiger charge is 2.41. The van der Waals surface area contributed by atoms with Crippen LogP contribution in [0.25, 0.3) is 0 Å². The molecular formula is C16H27N3O3. The van der Waals surface area contributed by atoms with Gasteiger partial charge in [0.05, 0.1) is 6.54 Å². The molecule has 124 valence electrons. The predicted molar refractivity (Wildman–Crippen MR) is 82.7 cm³/mol.